The third-order valence-corrected chi connectivity index (χ3v) is 14.9. The van der Waals surface area contributed by atoms with Crippen LogP contribution in [-0.2, 0) is 19.1 Å². The Morgan fingerprint density at radius 2 is 1.09 bits per heavy atom. The van der Waals surface area contributed by atoms with Crippen molar-refractivity contribution in [2.24, 2.45) is 58.2 Å². The molecule has 226 valence electrons. The molecule has 7 aliphatic rings. The smallest absolute Gasteiger partial charge is 0.334 e. The molecule has 0 heterocycles. The molecule has 0 spiro atoms. The van der Waals surface area contributed by atoms with Gasteiger partial charge in [-0.05, 0) is 93.9 Å². The molecule has 0 N–H and O–H groups in total. The minimum atomic E-state index is -0.348. The van der Waals surface area contributed by atoms with Gasteiger partial charge in [-0.3, -0.25) is 0 Å². The van der Waals surface area contributed by atoms with Gasteiger partial charge in [0.05, 0.1) is 39.6 Å². The lowest BCUT2D eigenvalue weighted by Crippen LogP contribution is -2.81. The summed E-state index contributed by atoms with van der Waals surface area (Å²) >= 11 is 0. The Kier molecular flexibility index (Phi) is 4.57. The molecule has 10 rings (SSSR count). The number of carbonyl (C=O) groups excluding carboxylic acids is 2. The predicted octanol–water partition coefficient (Wildman–Crippen LogP) is 6.64. The molecule has 5 fully saturated rings. The van der Waals surface area contributed by atoms with Gasteiger partial charge in [-0.25, -0.2) is 9.59 Å². The Morgan fingerprint density at radius 1 is 0.659 bits per heavy atom. The van der Waals surface area contributed by atoms with Gasteiger partial charge in [0, 0.05) is 33.7 Å². The number of hydrogen-bond acceptors (Lipinski definition) is 6. The van der Waals surface area contributed by atoms with Crippen molar-refractivity contribution in [2.75, 3.05) is 28.4 Å². The summed E-state index contributed by atoms with van der Waals surface area (Å²) < 4.78 is 23.1. The summed E-state index contributed by atoms with van der Waals surface area (Å²) in [6.45, 7) is 5.15. The van der Waals surface area contributed by atoms with Crippen molar-refractivity contribution in [1.29, 1.82) is 0 Å². The van der Waals surface area contributed by atoms with Gasteiger partial charge in [-0.2, -0.15) is 0 Å². The van der Waals surface area contributed by atoms with E-state index in [0.29, 0.717) is 58.5 Å². The highest BCUT2D eigenvalue weighted by Crippen LogP contribution is 2.96. The molecule has 0 radical (unpaired) electrons. The van der Waals surface area contributed by atoms with Crippen molar-refractivity contribution in [3.63, 3.8) is 0 Å². The number of ether oxygens (including phenoxy) is 4. The molecule has 12 atom stereocenters. The minimum absolute atomic E-state index is 0.126. The molecule has 5 saturated carbocycles. The van der Waals surface area contributed by atoms with E-state index in [1.165, 1.54) is 36.1 Å². The first-order chi connectivity index (χ1) is 21.3. The number of benzene rings is 3. The van der Waals surface area contributed by atoms with Crippen molar-refractivity contribution < 1.29 is 28.5 Å². The van der Waals surface area contributed by atoms with E-state index in [1.807, 2.05) is 14.2 Å². The van der Waals surface area contributed by atoms with Gasteiger partial charge in [-0.15, -0.1) is 0 Å². The highest BCUT2D eigenvalue weighted by molar-refractivity contribution is 6.06. The predicted molar refractivity (Wildman–Crippen MR) is 164 cm³/mol. The molecular weight excluding hydrogens is 552 g/mol. The Morgan fingerprint density at radius 3 is 1.48 bits per heavy atom. The molecule has 7 aliphatic carbocycles. The number of hydrogen-bond donors (Lipinski definition) is 0. The molecule has 0 saturated heterocycles. The van der Waals surface area contributed by atoms with Crippen LogP contribution >= 0.6 is 0 Å². The minimum Gasteiger partial charge on any atom is -0.496 e. The van der Waals surface area contributed by atoms with E-state index < -0.39 is 0 Å². The van der Waals surface area contributed by atoms with Crippen molar-refractivity contribution in [2.45, 2.75) is 38.5 Å². The Labute approximate surface area is 257 Å². The zero-order valence-corrected chi connectivity index (χ0v) is 26.1. The summed E-state index contributed by atoms with van der Waals surface area (Å²) in [7, 11) is 6.51. The van der Waals surface area contributed by atoms with Crippen LogP contribution < -0.4 is 9.47 Å². The van der Waals surface area contributed by atoms with E-state index in [-0.39, 0.29) is 34.6 Å². The highest BCUT2D eigenvalue weighted by atomic mass is 16.5. The van der Waals surface area contributed by atoms with Gasteiger partial charge in [0.25, 0.3) is 0 Å². The largest absolute Gasteiger partial charge is 0.496 e. The molecule has 0 amide bonds. The number of carbonyl (C=O) groups is 2. The lowest BCUT2D eigenvalue weighted by Gasteiger charge is -2.85. The van der Waals surface area contributed by atoms with Crippen LogP contribution in [-0.4, -0.2) is 40.4 Å². The molecule has 4 bridgehead atoms. The molecule has 0 aliphatic heterocycles. The van der Waals surface area contributed by atoms with Gasteiger partial charge < -0.3 is 18.9 Å². The Balaban J connectivity index is 1.12. The lowest BCUT2D eigenvalue weighted by molar-refractivity contribution is -0.369. The maximum atomic E-state index is 13.0. The van der Waals surface area contributed by atoms with Crippen LogP contribution in [0.25, 0.3) is 21.5 Å². The molecule has 0 aromatic heterocycles. The number of fused-ring (bicyclic) bond motifs is 23. The van der Waals surface area contributed by atoms with E-state index in [4.69, 9.17) is 18.9 Å². The van der Waals surface area contributed by atoms with E-state index >= 15 is 0 Å². The maximum absolute atomic E-state index is 13.0. The average molecular weight is 591 g/mol. The van der Waals surface area contributed by atoms with Crippen molar-refractivity contribution in [3.05, 3.63) is 58.7 Å². The van der Waals surface area contributed by atoms with Crippen LogP contribution in [0.1, 0.15) is 49.7 Å². The van der Waals surface area contributed by atoms with E-state index in [1.54, 1.807) is 0 Å². The quantitative estimate of drug-likeness (QED) is 0.147. The second-order valence-corrected chi connectivity index (χ2v) is 15.2. The van der Waals surface area contributed by atoms with Gasteiger partial charge >= 0.3 is 11.9 Å². The highest BCUT2D eigenvalue weighted by Gasteiger charge is 2.91. The topological polar surface area (TPSA) is 71.1 Å². The number of rotatable bonds is 4. The molecule has 3 aromatic carbocycles. The van der Waals surface area contributed by atoms with Gasteiger partial charge in [0.1, 0.15) is 11.5 Å². The van der Waals surface area contributed by atoms with Crippen LogP contribution in [0.15, 0.2) is 47.5 Å². The summed E-state index contributed by atoms with van der Waals surface area (Å²) in [6, 6.07) is 13.1. The normalized spacial score (nSPS) is 42.4. The van der Waals surface area contributed by atoms with Crippen molar-refractivity contribution >= 4 is 33.5 Å². The molecule has 6 heteroatoms. The fourth-order valence-electron chi connectivity index (χ4n) is 14.1. The van der Waals surface area contributed by atoms with Crippen LogP contribution in [0.5, 0.6) is 11.5 Å². The fraction of sp³-hybridized carbons (Fsp3) is 0.526. The first-order valence-corrected chi connectivity index (χ1v) is 16.3. The summed E-state index contributed by atoms with van der Waals surface area (Å²) in [4.78, 5) is 26.0. The Bertz CT molecular complexity index is 1790. The standard InChI is InChI=1S/C38H38O6/c1-37-29-19-13-20(24-23(19)27(35(39)43-5)28(24)36(40)44-6)30(29)38(37,2)32-22-14-21(31(32)37)25-26(22)34(42-4)18-12-16-10-8-7-9-15(16)11-17(18)33(25)41-3/h7-12,19-24,29-32H,13-14H2,1-6H3/t19-,20-,21-,22+,23?,24?,29+,30-,31?,32?,37+,38-/m0/s1. The van der Waals surface area contributed by atoms with Crippen LogP contribution in [0, 0.1) is 58.2 Å². The fourth-order valence-corrected chi connectivity index (χ4v) is 14.1. The molecule has 3 aromatic rings. The first-order valence-electron chi connectivity index (χ1n) is 16.3. The van der Waals surface area contributed by atoms with Gasteiger partial charge in [0.15, 0.2) is 0 Å². The van der Waals surface area contributed by atoms with Crippen LogP contribution in [0.4, 0.5) is 0 Å². The molecule has 44 heavy (non-hydrogen) atoms. The summed E-state index contributed by atoms with van der Waals surface area (Å²) in [6.07, 6.45) is 2.25. The van der Waals surface area contributed by atoms with Crippen molar-refractivity contribution in [3.8, 4) is 11.5 Å². The molecule has 4 unspecified atom stereocenters. The van der Waals surface area contributed by atoms with E-state index in [2.05, 4.69) is 50.2 Å². The molecule has 6 nitrogen and oxygen atoms in total. The second-order valence-electron chi connectivity index (χ2n) is 15.2. The van der Waals surface area contributed by atoms with Crippen LogP contribution in [0.2, 0.25) is 0 Å². The zero-order valence-electron chi connectivity index (χ0n) is 26.1. The molecular formula is C38H38O6. The number of esters is 2. The average Bonchev–Trinajstić information content (AvgIpc) is 3.77. The zero-order chi connectivity index (χ0) is 30.2. The Hall–Kier alpha value is -3.54. The third kappa shape index (κ3) is 2.32. The second kappa shape index (κ2) is 7.81. The third-order valence-electron chi connectivity index (χ3n) is 14.9. The van der Waals surface area contributed by atoms with Gasteiger partial charge in [0.2, 0.25) is 0 Å². The van der Waals surface area contributed by atoms with Gasteiger partial charge in [-0.1, -0.05) is 38.1 Å². The summed E-state index contributed by atoms with van der Waals surface area (Å²) in [5.41, 5.74) is 4.38. The van der Waals surface area contributed by atoms with E-state index in [0.717, 1.165) is 35.1 Å². The van der Waals surface area contributed by atoms with E-state index in [9.17, 15) is 9.59 Å². The first kappa shape index (κ1) is 25.8. The number of methoxy groups -OCH3 is 4. The van der Waals surface area contributed by atoms with Crippen molar-refractivity contribution in [1.82, 2.24) is 0 Å². The summed E-state index contributed by atoms with van der Waals surface area (Å²) in [5.74, 6) is 5.67. The lowest BCUT2D eigenvalue weighted by atomic mass is 9.19. The van der Waals surface area contributed by atoms with Crippen LogP contribution in [0.3, 0.4) is 0 Å². The summed E-state index contributed by atoms with van der Waals surface area (Å²) in [5, 5.41) is 4.71. The SMILES string of the molecule is COC(=O)C1=C(C(=O)OC)C2C1[C@@H]1C[C@@H]2[C@H]2[C@@H]1[C@]1(C)C3C([C@@H]4C[C@H]3c3c4c(OC)c4cc5ccccc5cc4c3OC)[C@]21C. The maximum Gasteiger partial charge on any atom is 0.334 e. The monoisotopic (exact) mass is 590 g/mol.